The van der Waals surface area contributed by atoms with Gasteiger partial charge in [-0.05, 0) is 50.8 Å². The van der Waals surface area contributed by atoms with Crippen LogP contribution in [0.25, 0.3) is 0 Å². The molecule has 1 aromatic rings. The Hall–Kier alpha value is -1.84. The van der Waals surface area contributed by atoms with Gasteiger partial charge in [-0.1, -0.05) is 25.1 Å². The topological polar surface area (TPSA) is 49.4 Å². The molecule has 0 spiro atoms. The van der Waals surface area contributed by atoms with E-state index in [1.54, 1.807) is 18.7 Å². The van der Waals surface area contributed by atoms with Gasteiger partial charge in [0.1, 0.15) is 11.6 Å². The van der Waals surface area contributed by atoms with E-state index in [2.05, 4.69) is 31.3 Å². The van der Waals surface area contributed by atoms with Crippen LogP contribution in [0.3, 0.4) is 0 Å². The van der Waals surface area contributed by atoms with Crippen molar-refractivity contribution in [2.45, 2.75) is 59.2 Å². The van der Waals surface area contributed by atoms with Crippen LogP contribution in [0.15, 0.2) is 18.2 Å². The predicted octanol–water partition coefficient (Wildman–Crippen LogP) is 2.32. The Labute approximate surface area is 126 Å². The Morgan fingerprint density at radius 2 is 1.90 bits per heavy atom. The number of carbonyl (C=O) groups is 2. The molecule has 2 amide bonds. The quantitative estimate of drug-likeness (QED) is 0.928. The molecule has 1 aromatic carbocycles. The van der Waals surface area contributed by atoms with Crippen LogP contribution in [0.5, 0.6) is 0 Å². The van der Waals surface area contributed by atoms with Crippen LogP contribution in [-0.2, 0) is 16.1 Å². The van der Waals surface area contributed by atoms with Gasteiger partial charge in [0, 0.05) is 6.54 Å². The number of carbonyl (C=O) groups excluding carboxylic acids is 2. The van der Waals surface area contributed by atoms with Gasteiger partial charge in [-0.3, -0.25) is 9.59 Å². The highest BCUT2D eigenvalue weighted by atomic mass is 16.2. The zero-order chi connectivity index (χ0) is 15.8. The van der Waals surface area contributed by atoms with Crippen LogP contribution in [0.4, 0.5) is 0 Å². The maximum Gasteiger partial charge on any atom is 0.248 e. The zero-order valence-electron chi connectivity index (χ0n) is 13.5. The second-order valence-corrected chi connectivity index (χ2v) is 6.20. The van der Waals surface area contributed by atoms with Crippen molar-refractivity contribution in [3.63, 3.8) is 0 Å². The van der Waals surface area contributed by atoms with E-state index >= 15 is 0 Å². The molecule has 21 heavy (non-hydrogen) atoms. The normalized spacial score (nSPS) is 26.0. The number of rotatable bonds is 3. The third-order valence-electron chi connectivity index (χ3n) is 4.61. The van der Waals surface area contributed by atoms with Crippen LogP contribution in [-0.4, -0.2) is 28.3 Å². The van der Waals surface area contributed by atoms with Crippen molar-refractivity contribution >= 4 is 11.8 Å². The van der Waals surface area contributed by atoms with Gasteiger partial charge >= 0.3 is 0 Å². The van der Waals surface area contributed by atoms with E-state index in [1.807, 2.05) is 13.0 Å². The second-order valence-electron chi connectivity index (χ2n) is 6.20. The van der Waals surface area contributed by atoms with Gasteiger partial charge in [-0.2, -0.15) is 0 Å². The lowest BCUT2D eigenvalue weighted by Gasteiger charge is -2.43. The smallest absolute Gasteiger partial charge is 0.248 e. The lowest BCUT2D eigenvalue weighted by Crippen LogP contribution is -2.68. The van der Waals surface area contributed by atoms with Crippen LogP contribution in [0.2, 0.25) is 0 Å². The van der Waals surface area contributed by atoms with Crippen molar-refractivity contribution in [2.75, 3.05) is 0 Å². The summed E-state index contributed by atoms with van der Waals surface area (Å²) < 4.78 is 0. The molecule has 2 unspecified atom stereocenters. The van der Waals surface area contributed by atoms with Gasteiger partial charge in [0.25, 0.3) is 0 Å². The molecule has 1 N–H and O–H groups in total. The molecule has 1 aliphatic heterocycles. The molecule has 1 heterocycles. The van der Waals surface area contributed by atoms with Gasteiger partial charge in [0.05, 0.1) is 0 Å². The van der Waals surface area contributed by atoms with Gasteiger partial charge in [0.2, 0.25) is 11.8 Å². The van der Waals surface area contributed by atoms with Crippen molar-refractivity contribution in [1.82, 2.24) is 10.2 Å². The first-order chi connectivity index (χ1) is 9.78. The fraction of sp³-hybridized carbons (Fsp3) is 0.529. The summed E-state index contributed by atoms with van der Waals surface area (Å²) in [6, 6.07) is 5.74. The number of hydrogen-bond donors (Lipinski definition) is 1. The first-order valence-corrected chi connectivity index (χ1v) is 7.47. The van der Waals surface area contributed by atoms with Gasteiger partial charge in [-0.25, -0.2) is 0 Å². The molecule has 1 aliphatic rings. The number of nitrogens with zero attached hydrogens (tertiary/aromatic N) is 1. The first kappa shape index (κ1) is 15.5. The largest absolute Gasteiger partial charge is 0.340 e. The highest BCUT2D eigenvalue weighted by molar-refractivity contribution is 5.99. The summed E-state index contributed by atoms with van der Waals surface area (Å²) >= 11 is 0. The molecule has 2 rings (SSSR count). The van der Waals surface area contributed by atoms with Crippen LogP contribution in [0, 0.1) is 13.8 Å². The number of nitrogens with one attached hydrogen (secondary N) is 1. The summed E-state index contributed by atoms with van der Waals surface area (Å²) in [6.45, 7) is 10.1. The second kappa shape index (κ2) is 5.51. The monoisotopic (exact) mass is 288 g/mol. The summed E-state index contributed by atoms with van der Waals surface area (Å²) in [7, 11) is 0. The molecular formula is C17H24N2O2. The van der Waals surface area contributed by atoms with Crippen molar-refractivity contribution in [3.05, 3.63) is 34.9 Å². The van der Waals surface area contributed by atoms with E-state index in [0.29, 0.717) is 13.0 Å². The fourth-order valence-corrected chi connectivity index (χ4v) is 2.61. The maximum atomic E-state index is 12.7. The summed E-state index contributed by atoms with van der Waals surface area (Å²) in [5, 5.41) is 2.85. The average Bonchev–Trinajstić information content (AvgIpc) is 2.45. The highest BCUT2D eigenvalue weighted by Crippen LogP contribution is 2.23. The number of aryl methyl sites for hydroxylation is 2. The predicted molar refractivity (Wildman–Crippen MR) is 82.8 cm³/mol. The van der Waals surface area contributed by atoms with Crippen LogP contribution < -0.4 is 5.32 Å². The molecular weight excluding hydrogens is 264 g/mol. The SMILES string of the molecule is CCC1(C)NC(=O)C(C)N(Cc2ccc(C)c(C)c2)C1=O. The Morgan fingerprint density at radius 3 is 2.48 bits per heavy atom. The van der Waals surface area contributed by atoms with Gasteiger partial charge in [-0.15, -0.1) is 0 Å². The summed E-state index contributed by atoms with van der Waals surface area (Å²) in [6.07, 6.45) is 0.591. The number of amides is 2. The van der Waals surface area contributed by atoms with E-state index in [1.165, 1.54) is 11.1 Å². The molecule has 0 radical (unpaired) electrons. The molecule has 1 fully saturated rings. The maximum absolute atomic E-state index is 12.7. The minimum atomic E-state index is -0.788. The molecule has 1 saturated heterocycles. The number of piperazine rings is 1. The summed E-state index contributed by atoms with van der Waals surface area (Å²) in [5.74, 6) is -0.0851. The van der Waals surface area contributed by atoms with E-state index in [9.17, 15) is 9.59 Å². The number of hydrogen-bond acceptors (Lipinski definition) is 2. The van der Waals surface area contributed by atoms with Gasteiger partial charge in [0.15, 0.2) is 0 Å². The van der Waals surface area contributed by atoms with Crippen molar-refractivity contribution in [3.8, 4) is 0 Å². The lowest BCUT2D eigenvalue weighted by molar-refractivity contribution is -0.154. The van der Waals surface area contributed by atoms with Crippen LogP contribution in [0.1, 0.15) is 43.9 Å². The Kier molecular flexibility index (Phi) is 4.08. The third-order valence-corrected chi connectivity index (χ3v) is 4.61. The zero-order valence-corrected chi connectivity index (χ0v) is 13.5. The molecule has 0 aliphatic carbocycles. The molecule has 4 nitrogen and oxygen atoms in total. The standard InChI is InChI=1S/C17H24N2O2/c1-6-17(5)16(21)19(13(4)15(20)18-17)10-14-8-7-11(2)12(3)9-14/h7-9,13H,6,10H2,1-5H3,(H,18,20). The van der Waals surface area contributed by atoms with E-state index in [-0.39, 0.29) is 11.8 Å². The molecule has 0 bridgehead atoms. The fourth-order valence-electron chi connectivity index (χ4n) is 2.61. The molecule has 4 heteroatoms. The molecule has 0 saturated carbocycles. The lowest BCUT2D eigenvalue weighted by atomic mass is 9.91. The Balaban J connectivity index is 2.29. The Bertz CT molecular complexity index is 582. The third kappa shape index (κ3) is 2.80. The highest BCUT2D eigenvalue weighted by Gasteiger charge is 2.45. The average molecular weight is 288 g/mol. The molecule has 2 atom stereocenters. The number of benzene rings is 1. The summed E-state index contributed by atoms with van der Waals surface area (Å²) in [4.78, 5) is 26.5. The molecule has 0 aromatic heterocycles. The van der Waals surface area contributed by atoms with Crippen molar-refractivity contribution < 1.29 is 9.59 Å². The minimum absolute atomic E-state index is 0.00433. The molecule has 114 valence electrons. The van der Waals surface area contributed by atoms with E-state index < -0.39 is 11.6 Å². The summed E-state index contributed by atoms with van der Waals surface area (Å²) in [5.41, 5.74) is 2.70. The van der Waals surface area contributed by atoms with E-state index in [0.717, 1.165) is 5.56 Å². The Morgan fingerprint density at radius 1 is 1.24 bits per heavy atom. The van der Waals surface area contributed by atoms with Gasteiger partial charge < -0.3 is 10.2 Å². The van der Waals surface area contributed by atoms with E-state index in [4.69, 9.17) is 0 Å². The van der Waals surface area contributed by atoms with Crippen LogP contribution >= 0.6 is 0 Å². The minimum Gasteiger partial charge on any atom is -0.340 e. The first-order valence-electron chi connectivity index (χ1n) is 7.47. The van der Waals surface area contributed by atoms with Crippen molar-refractivity contribution in [1.29, 1.82) is 0 Å². The van der Waals surface area contributed by atoms with Crippen molar-refractivity contribution in [2.24, 2.45) is 0 Å².